The maximum absolute atomic E-state index is 13.0. The molecule has 5 rings (SSSR count). The Kier molecular flexibility index (Phi) is 5.37. The highest BCUT2D eigenvalue weighted by Gasteiger charge is 2.11. The van der Waals surface area contributed by atoms with E-state index in [-0.39, 0.29) is 5.56 Å². The first-order valence-corrected chi connectivity index (χ1v) is 11.3. The zero-order valence-corrected chi connectivity index (χ0v) is 18.7. The minimum absolute atomic E-state index is 0.0589. The Labute approximate surface area is 189 Å². The van der Waals surface area contributed by atoms with Crippen molar-refractivity contribution in [3.63, 3.8) is 0 Å². The molecule has 3 aromatic carbocycles. The number of benzene rings is 3. The lowest BCUT2D eigenvalue weighted by Gasteiger charge is -2.13. The van der Waals surface area contributed by atoms with Gasteiger partial charge in [-0.05, 0) is 55.3 Å². The molecule has 2 heterocycles. The summed E-state index contributed by atoms with van der Waals surface area (Å²) in [6.07, 6.45) is 1.88. The van der Waals surface area contributed by atoms with Crippen molar-refractivity contribution in [1.29, 1.82) is 0 Å². The van der Waals surface area contributed by atoms with E-state index in [1.54, 1.807) is 4.40 Å². The average molecular weight is 443 g/mol. The molecule has 32 heavy (non-hydrogen) atoms. The van der Waals surface area contributed by atoms with Crippen LogP contribution in [-0.4, -0.2) is 16.0 Å². The number of para-hydroxylation sites is 2. The predicted octanol–water partition coefficient (Wildman–Crippen LogP) is 4.74. The molecule has 0 amide bonds. The second kappa shape index (κ2) is 8.48. The van der Waals surface area contributed by atoms with E-state index < -0.39 is 0 Å². The molecule has 0 unspecified atom stereocenters. The normalized spacial score (nSPS) is 12.0. The Hall–Kier alpha value is -3.64. The first-order valence-electron chi connectivity index (χ1n) is 10.5. The quantitative estimate of drug-likeness (QED) is 0.381. The van der Waals surface area contributed by atoms with E-state index in [1.165, 1.54) is 16.9 Å². The smallest absolute Gasteiger partial charge is 0.274 e. The molecular formula is C26H22N2O3S. The number of hydrogen-bond acceptors (Lipinski definition) is 5. The molecule has 0 bridgehead atoms. The Bertz CT molecular complexity index is 1520. The molecule has 6 heteroatoms. The van der Waals surface area contributed by atoms with Crippen LogP contribution in [0.5, 0.6) is 11.5 Å². The Morgan fingerprint density at radius 1 is 1.00 bits per heavy atom. The van der Waals surface area contributed by atoms with Crippen molar-refractivity contribution in [2.24, 2.45) is 0 Å². The van der Waals surface area contributed by atoms with Crippen LogP contribution >= 0.6 is 11.3 Å². The van der Waals surface area contributed by atoms with Gasteiger partial charge in [-0.1, -0.05) is 59.4 Å². The van der Waals surface area contributed by atoms with Gasteiger partial charge in [0.2, 0.25) is 0 Å². The summed E-state index contributed by atoms with van der Waals surface area (Å²) in [4.78, 5) is 18.3. The molecule has 5 aromatic rings. The van der Waals surface area contributed by atoms with E-state index in [4.69, 9.17) is 9.47 Å². The molecule has 0 aliphatic heterocycles. The van der Waals surface area contributed by atoms with E-state index in [9.17, 15) is 4.79 Å². The Balaban J connectivity index is 1.48. The number of aromatic nitrogens is 2. The zero-order chi connectivity index (χ0) is 22.1. The second-order valence-electron chi connectivity index (χ2n) is 7.55. The van der Waals surface area contributed by atoms with Crippen molar-refractivity contribution >= 4 is 33.4 Å². The highest BCUT2D eigenvalue weighted by molar-refractivity contribution is 7.15. The fourth-order valence-electron chi connectivity index (χ4n) is 3.61. The largest absolute Gasteiger partial charge is 0.490 e. The monoisotopic (exact) mass is 442 g/mol. The number of ether oxygens (including phenoxy) is 2. The molecule has 0 fully saturated rings. The van der Waals surface area contributed by atoms with Gasteiger partial charge in [0.25, 0.3) is 5.56 Å². The molecule has 0 spiro atoms. The first-order chi connectivity index (χ1) is 15.6. The van der Waals surface area contributed by atoms with E-state index in [0.29, 0.717) is 34.2 Å². The van der Waals surface area contributed by atoms with Gasteiger partial charge in [0.1, 0.15) is 6.61 Å². The van der Waals surface area contributed by atoms with Crippen LogP contribution in [-0.2, 0) is 6.61 Å². The van der Waals surface area contributed by atoms with Gasteiger partial charge in [-0.2, -0.15) is 0 Å². The lowest BCUT2D eigenvalue weighted by Crippen LogP contribution is -2.22. The standard InChI is InChI=1S/C26H22N2O3S/c1-3-30-23-14-19(12-13-22(23)31-16-18-10-8-17(2)9-11-18)15-24-25(29)28-21-7-5-4-6-20(21)27-26(28)32-24/h4-15H,3,16H2,1-2H3/b24-15+. The highest BCUT2D eigenvalue weighted by Crippen LogP contribution is 2.29. The number of hydrogen-bond donors (Lipinski definition) is 0. The topological polar surface area (TPSA) is 52.8 Å². The van der Waals surface area contributed by atoms with E-state index in [0.717, 1.165) is 22.2 Å². The fourth-order valence-corrected chi connectivity index (χ4v) is 4.60. The Morgan fingerprint density at radius 2 is 1.81 bits per heavy atom. The second-order valence-corrected chi connectivity index (χ2v) is 8.56. The van der Waals surface area contributed by atoms with Crippen LogP contribution in [0.1, 0.15) is 23.6 Å². The average Bonchev–Trinajstić information content (AvgIpc) is 3.31. The van der Waals surface area contributed by atoms with Gasteiger partial charge in [-0.3, -0.25) is 4.79 Å². The van der Waals surface area contributed by atoms with Gasteiger partial charge in [0.15, 0.2) is 16.5 Å². The van der Waals surface area contributed by atoms with Gasteiger partial charge >= 0.3 is 0 Å². The third-order valence-corrected chi connectivity index (χ3v) is 6.19. The minimum atomic E-state index is -0.0589. The summed E-state index contributed by atoms with van der Waals surface area (Å²) in [7, 11) is 0. The molecule has 0 saturated heterocycles. The van der Waals surface area contributed by atoms with Crippen molar-refractivity contribution in [2.45, 2.75) is 20.5 Å². The van der Waals surface area contributed by atoms with E-state index in [1.807, 2.05) is 55.5 Å². The predicted molar refractivity (Wildman–Crippen MR) is 129 cm³/mol. The molecule has 2 aromatic heterocycles. The first kappa shape index (κ1) is 20.3. The molecule has 0 aliphatic rings. The van der Waals surface area contributed by atoms with Crippen LogP contribution in [0.4, 0.5) is 0 Å². The number of imidazole rings is 1. The molecule has 0 atom stereocenters. The third kappa shape index (κ3) is 3.85. The van der Waals surface area contributed by atoms with E-state index in [2.05, 4.69) is 36.2 Å². The summed E-state index contributed by atoms with van der Waals surface area (Å²) in [5.74, 6) is 1.34. The van der Waals surface area contributed by atoms with E-state index >= 15 is 0 Å². The number of rotatable bonds is 6. The number of thiazole rings is 1. The van der Waals surface area contributed by atoms with Gasteiger partial charge in [-0.15, -0.1) is 0 Å². The van der Waals surface area contributed by atoms with Crippen LogP contribution in [0.25, 0.3) is 22.1 Å². The summed E-state index contributed by atoms with van der Waals surface area (Å²) >= 11 is 1.39. The van der Waals surface area contributed by atoms with Crippen LogP contribution in [0.2, 0.25) is 0 Å². The summed E-state index contributed by atoms with van der Waals surface area (Å²) in [5.41, 5.74) is 4.79. The lowest BCUT2D eigenvalue weighted by atomic mass is 10.1. The molecule has 0 radical (unpaired) electrons. The fraction of sp³-hybridized carbons (Fsp3) is 0.154. The molecule has 5 nitrogen and oxygen atoms in total. The SMILES string of the molecule is CCOc1cc(/C=c2/sc3nc4ccccc4n3c2=O)ccc1OCc1ccc(C)cc1. The van der Waals surface area contributed by atoms with Crippen molar-refractivity contribution < 1.29 is 9.47 Å². The molecular weight excluding hydrogens is 420 g/mol. The highest BCUT2D eigenvalue weighted by atomic mass is 32.1. The van der Waals surface area contributed by atoms with Crippen LogP contribution in [0.3, 0.4) is 0 Å². The summed E-state index contributed by atoms with van der Waals surface area (Å²) in [6.45, 7) is 4.99. The number of aryl methyl sites for hydroxylation is 1. The zero-order valence-electron chi connectivity index (χ0n) is 17.9. The van der Waals surface area contributed by atoms with Crippen molar-refractivity contribution in [1.82, 2.24) is 9.38 Å². The van der Waals surface area contributed by atoms with Crippen LogP contribution < -0.4 is 19.6 Å². The third-order valence-electron chi connectivity index (χ3n) is 5.23. The molecule has 0 saturated carbocycles. The van der Waals surface area contributed by atoms with Crippen molar-refractivity contribution in [3.05, 3.63) is 98.3 Å². The minimum Gasteiger partial charge on any atom is -0.490 e. The number of nitrogens with zero attached hydrogens (tertiary/aromatic N) is 2. The van der Waals surface area contributed by atoms with Crippen LogP contribution in [0.15, 0.2) is 71.5 Å². The summed E-state index contributed by atoms with van der Waals surface area (Å²) < 4.78 is 14.1. The maximum Gasteiger partial charge on any atom is 0.274 e. The van der Waals surface area contributed by atoms with Gasteiger partial charge in [0, 0.05) is 0 Å². The summed E-state index contributed by atoms with van der Waals surface area (Å²) in [5, 5.41) is 0. The van der Waals surface area contributed by atoms with Crippen molar-refractivity contribution in [3.8, 4) is 11.5 Å². The lowest BCUT2D eigenvalue weighted by molar-refractivity contribution is 0.269. The Morgan fingerprint density at radius 3 is 2.62 bits per heavy atom. The van der Waals surface area contributed by atoms with Crippen molar-refractivity contribution in [2.75, 3.05) is 6.61 Å². The molecule has 0 aliphatic carbocycles. The molecule has 0 N–H and O–H groups in total. The van der Waals surface area contributed by atoms with Gasteiger partial charge < -0.3 is 9.47 Å². The maximum atomic E-state index is 13.0. The van der Waals surface area contributed by atoms with Crippen LogP contribution in [0, 0.1) is 6.92 Å². The molecule has 160 valence electrons. The number of fused-ring (bicyclic) bond motifs is 3. The summed E-state index contributed by atoms with van der Waals surface area (Å²) in [6, 6.07) is 21.7. The van der Waals surface area contributed by atoms with Gasteiger partial charge in [0.05, 0.1) is 22.2 Å². The van der Waals surface area contributed by atoms with Gasteiger partial charge in [-0.25, -0.2) is 9.38 Å².